The molecule has 7 heteroatoms. The molecule has 0 bridgehead atoms. The van der Waals surface area contributed by atoms with Gasteiger partial charge in [-0.1, -0.05) is 18.2 Å². The molecule has 0 aliphatic carbocycles. The van der Waals surface area contributed by atoms with Gasteiger partial charge in [-0.25, -0.2) is 0 Å². The van der Waals surface area contributed by atoms with E-state index in [0.29, 0.717) is 17.7 Å². The smallest absolute Gasteiger partial charge is 0.253 e. The number of carbonyl (C=O) groups is 1. The van der Waals surface area contributed by atoms with Crippen LogP contribution in [-0.2, 0) is 13.1 Å². The largest absolute Gasteiger partial charge is 0.348 e. The molecule has 0 spiro atoms. The predicted octanol–water partition coefficient (Wildman–Crippen LogP) is 2.37. The Hall–Kier alpha value is -3.29. The first kappa shape index (κ1) is 22.4. The minimum absolute atomic E-state index is 0.160. The number of aromatic amines is 1. The minimum Gasteiger partial charge on any atom is -0.348 e. The van der Waals surface area contributed by atoms with Crippen LogP contribution in [0.2, 0.25) is 0 Å². The molecule has 0 radical (unpaired) electrons. The van der Waals surface area contributed by atoms with Gasteiger partial charge in [-0.3, -0.25) is 14.6 Å². The molecular formula is C24H29N5O2. The second-order valence-corrected chi connectivity index (χ2v) is 7.81. The Bertz CT molecular complexity index is 1120. The van der Waals surface area contributed by atoms with E-state index in [4.69, 9.17) is 5.73 Å². The number of hydrogen-bond donors (Lipinski definition) is 3. The van der Waals surface area contributed by atoms with Crippen molar-refractivity contribution >= 4 is 5.91 Å². The first-order valence-electron chi connectivity index (χ1n) is 10.3. The minimum atomic E-state index is -0.271. The zero-order chi connectivity index (χ0) is 22.4. The van der Waals surface area contributed by atoms with Gasteiger partial charge in [-0.2, -0.15) is 0 Å². The highest BCUT2D eigenvalue weighted by atomic mass is 16.1. The molecule has 0 aliphatic rings. The molecule has 0 aliphatic heterocycles. The monoisotopic (exact) mass is 419 g/mol. The van der Waals surface area contributed by atoms with Crippen LogP contribution in [0.25, 0.3) is 11.1 Å². The number of aryl methyl sites for hydroxylation is 2. The Balaban J connectivity index is 1.74. The highest BCUT2D eigenvalue weighted by molar-refractivity contribution is 5.95. The van der Waals surface area contributed by atoms with E-state index in [1.54, 1.807) is 6.20 Å². The fourth-order valence-electron chi connectivity index (χ4n) is 3.55. The van der Waals surface area contributed by atoms with Gasteiger partial charge in [0.2, 0.25) is 0 Å². The van der Waals surface area contributed by atoms with E-state index in [1.807, 2.05) is 45.2 Å². The lowest BCUT2D eigenvalue weighted by atomic mass is 10.0. The number of hydrogen-bond acceptors (Lipinski definition) is 5. The fraction of sp³-hybridized carbons (Fsp3) is 0.292. The number of nitrogens with two attached hydrogens (primary N) is 1. The second kappa shape index (κ2) is 10.1. The van der Waals surface area contributed by atoms with Crippen molar-refractivity contribution in [3.8, 4) is 11.1 Å². The first-order valence-corrected chi connectivity index (χ1v) is 10.3. The molecule has 0 saturated carbocycles. The number of likely N-dealkylation sites (N-methyl/N-ethyl adjacent to an activating group) is 1. The average molecular weight is 420 g/mol. The molecule has 2 heterocycles. The number of amides is 1. The summed E-state index contributed by atoms with van der Waals surface area (Å²) in [5, 5.41) is 2.83. The summed E-state index contributed by atoms with van der Waals surface area (Å²) < 4.78 is 0. The van der Waals surface area contributed by atoms with Gasteiger partial charge in [0.15, 0.2) is 0 Å². The lowest BCUT2D eigenvalue weighted by Gasteiger charge is -2.16. The van der Waals surface area contributed by atoms with Gasteiger partial charge in [0.1, 0.15) is 0 Å². The summed E-state index contributed by atoms with van der Waals surface area (Å²) in [4.78, 5) is 34.0. The second-order valence-electron chi connectivity index (χ2n) is 7.81. The maximum absolute atomic E-state index is 12.7. The Morgan fingerprint density at radius 1 is 1.16 bits per heavy atom. The molecule has 0 atom stereocenters. The number of H-pyrrole nitrogens is 1. The molecule has 162 valence electrons. The van der Waals surface area contributed by atoms with Crippen molar-refractivity contribution in [2.75, 3.05) is 20.1 Å². The number of aromatic nitrogens is 2. The highest BCUT2D eigenvalue weighted by Crippen LogP contribution is 2.21. The molecule has 3 rings (SSSR count). The normalized spacial score (nSPS) is 11.0. The third-order valence-electron chi connectivity index (χ3n) is 5.14. The van der Waals surface area contributed by atoms with Crippen molar-refractivity contribution in [3.05, 3.63) is 87.1 Å². The molecule has 0 fully saturated rings. The Morgan fingerprint density at radius 2 is 1.97 bits per heavy atom. The number of rotatable bonds is 8. The van der Waals surface area contributed by atoms with Crippen molar-refractivity contribution in [1.82, 2.24) is 20.2 Å². The van der Waals surface area contributed by atoms with Crippen molar-refractivity contribution in [2.24, 2.45) is 5.73 Å². The van der Waals surface area contributed by atoms with E-state index in [1.165, 1.54) is 6.20 Å². The molecule has 31 heavy (non-hydrogen) atoms. The molecule has 1 aromatic carbocycles. The maximum atomic E-state index is 12.7. The van der Waals surface area contributed by atoms with Crippen LogP contribution < -0.4 is 16.6 Å². The van der Waals surface area contributed by atoms with Crippen LogP contribution in [0.15, 0.2) is 53.6 Å². The SMILES string of the molecule is Cc1cc(C)c(CNC(=O)c2cncc(-c3cccc(CN(C)CCN)c3)c2)c(=O)[nH]1. The summed E-state index contributed by atoms with van der Waals surface area (Å²) >= 11 is 0. The zero-order valence-electron chi connectivity index (χ0n) is 18.2. The molecule has 7 nitrogen and oxygen atoms in total. The van der Waals surface area contributed by atoms with E-state index in [9.17, 15) is 9.59 Å². The van der Waals surface area contributed by atoms with Gasteiger partial charge in [-0.15, -0.1) is 0 Å². The van der Waals surface area contributed by atoms with Crippen molar-refractivity contribution in [2.45, 2.75) is 26.9 Å². The summed E-state index contributed by atoms with van der Waals surface area (Å²) in [5.74, 6) is -0.271. The van der Waals surface area contributed by atoms with Gasteiger partial charge in [0.25, 0.3) is 11.5 Å². The van der Waals surface area contributed by atoms with Crippen LogP contribution in [0, 0.1) is 13.8 Å². The van der Waals surface area contributed by atoms with Gasteiger partial charge >= 0.3 is 0 Å². The summed E-state index contributed by atoms with van der Waals surface area (Å²) in [6, 6.07) is 11.9. The molecule has 3 aromatic rings. The van der Waals surface area contributed by atoms with E-state index < -0.39 is 0 Å². The van der Waals surface area contributed by atoms with Gasteiger partial charge in [-0.05, 0) is 55.8 Å². The number of pyridine rings is 2. The van der Waals surface area contributed by atoms with Crippen LogP contribution in [0.3, 0.4) is 0 Å². The summed E-state index contributed by atoms with van der Waals surface area (Å²) in [6.45, 7) is 6.09. The number of carbonyl (C=O) groups excluding carboxylic acids is 1. The van der Waals surface area contributed by atoms with E-state index in [0.717, 1.165) is 41.0 Å². The molecule has 0 saturated heterocycles. The number of nitrogens with one attached hydrogen (secondary N) is 2. The van der Waals surface area contributed by atoms with Crippen molar-refractivity contribution < 1.29 is 4.79 Å². The number of nitrogens with zero attached hydrogens (tertiary/aromatic N) is 2. The summed E-state index contributed by atoms with van der Waals surface area (Å²) in [6.07, 6.45) is 3.28. The van der Waals surface area contributed by atoms with Crippen LogP contribution >= 0.6 is 0 Å². The third kappa shape index (κ3) is 5.87. The topological polar surface area (TPSA) is 104 Å². The number of benzene rings is 1. The quantitative estimate of drug-likeness (QED) is 0.520. The lowest BCUT2D eigenvalue weighted by Crippen LogP contribution is -2.28. The Kier molecular flexibility index (Phi) is 7.33. The van der Waals surface area contributed by atoms with Crippen LogP contribution in [-0.4, -0.2) is 40.9 Å². The average Bonchev–Trinajstić information content (AvgIpc) is 2.73. The van der Waals surface area contributed by atoms with E-state index in [-0.39, 0.29) is 18.0 Å². The van der Waals surface area contributed by atoms with Gasteiger partial charge < -0.3 is 20.9 Å². The Morgan fingerprint density at radius 3 is 2.71 bits per heavy atom. The maximum Gasteiger partial charge on any atom is 0.253 e. The molecular weight excluding hydrogens is 390 g/mol. The van der Waals surface area contributed by atoms with Crippen molar-refractivity contribution in [3.63, 3.8) is 0 Å². The molecule has 1 amide bonds. The summed E-state index contributed by atoms with van der Waals surface area (Å²) in [7, 11) is 2.03. The van der Waals surface area contributed by atoms with Crippen LogP contribution in [0.4, 0.5) is 0 Å². The van der Waals surface area contributed by atoms with Crippen LogP contribution in [0.5, 0.6) is 0 Å². The summed E-state index contributed by atoms with van der Waals surface area (Å²) in [5.41, 5.74) is 11.1. The van der Waals surface area contributed by atoms with Crippen molar-refractivity contribution in [1.29, 1.82) is 0 Å². The highest BCUT2D eigenvalue weighted by Gasteiger charge is 2.11. The van der Waals surface area contributed by atoms with Gasteiger partial charge in [0, 0.05) is 55.4 Å². The Labute approximate surface area is 182 Å². The molecule has 4 N–H and O–H groups in total. The molecule has 2 aromatic heterocycles. The third-order valence-corrected chi connectivity index (χ3v) is 5.14. The first-order chi connectivity index (χ1) is 14.9. The van der Waals surface area contributed by atoms with E-state index in [2.05, 4.69) is 32.3 Å². The fourth-order valence-corrected chi connectivity index (χ4v) is 3.55. The molecule has 0 unspecified atom stereocenters. The predicted molar refractivity (Wildman–Crippen MR) is 123 cm³/mol. The van der Waals surface area contributed by atoms with E-state index >= 15 is 0 Å². The standard InChI is InChI=1S/C24H29N5O2/c1-16-9-17(2)28-24(31)22(16)14-27-23(30)21-11-20(12-26-13-21)19-6-4-5-18(10-19)15-29(3)8-7-25/h4-6,9-13H,7-8,14-15,25H2,1-3H3,(H,27,30)(H,28,31). The van der Waals surface area contributed by atoms with Crippen LogP contribution in [0.1, 0.15) is 32.7 Å². The van der Waals surface area contributed by atoms with Gasteiger partial charge in [0.05, 0.1) is 5.56 Å². The lowest BCUT2D eigenvalue weighted by molar-refractivity contribution is 0.0950. The zero-order valence-corrected chi connectivity index (χ0v) is 18.2.